The smallest absolute Gasteiger partial charge is 0.289 e. The topological polar surface area (TPSA) is 92.1 Å². The summed E-state index contributed by atoms with van der Waals surface area (Å²) in [7, 11) is 0. The van der Waals surface area contributed by atoms with Gasteiger partial charge in [-0.2, -0.15) is 11.8 Å². The average molecular weight is 446 g/mol. The van der Waals surface area contributed by atoms with Crippen molar-refractivity contribution in [2.45, 2.75) is 12.5 Å². The maximum atomic E-state index is 13.1. The van der Waals surface area contributed by atoms with Crippen molar-refractivity contribution in [3.8, 4) is 5.75 Å². The lowest BCUT2D eigenvalue weighted by Gasteiger charge is -2.36. The first kappa shape index (κ1) is 22.7. The van der Waals surface area contributed by atoms with E-state index in [1.807, 2.05) is 24.5 Å². The maximum Gasteiger partial charge on any atom is 0.289 e. The summed E-state index contributed by atoms with van der Waals surface area (Å²) in [5, 5.41) is 2.81. The fraction of sp³-hybridized carbons (Fsp3) is 0.409. The second-order valence-electron chi connectivity index (χ2n) is 7.10. The highest BCUT2D eigenvalue weighted by Gasteiger charge is 2.30. The van der Waals surface area contributed by atoms with Crippen LogP contribution in [-0.4, -0.2) is 78.4 Å². The summed E-state index contributed by atoms with van der Waals surface area (Å²) in [5.41, 5.74) is 0. The van der Waals surface area contributed by atoms with Gasteiger partial charge in [0.2, 0.25) is 5.91 Å². The zero-order chi connectivity index (χ0) is 22.1. The van der Waals surface area contributed by atoms with Gasteiger partial charge in [0.15, 0.2) is 12.4 Å². The van der Waals surface area contributed by atoms with Crippen LogP contribution < -0.4 is 10.1 Å². The van der Waals surface area contributed by atoms with E-state index in [1.54, 1.807) is 45.8 Å². The molecule has 1 saturated heterocycles. The fourth-order valence-electron chi connectivity index (χ4n) is 3.30. The standard InChI is InChI=1S/C22H27N3O5S/c1-31-15-9-18(23-20(26)16-30-17-6-3-2-4-7-17)21(27)24-10-12-25(13-11-24)22(28)19-8-5-14-29-19/h2-8,14,18H,9-13,15-16H2,1H3,(H,23,26)/t18-/m0/s1. The minimum Gasteiger partial charge on any atom is -0.484 e. The van der Waals surface area contributed by atoms with Crippen molar-refractivity contribution in [1.29, 1.82) is 0 Å². The largest absolute Gasteiger partial charge is 0.484 e. The van der Waals surface area contributed by atoms with E-state index >= 15 is 0 Å². The number of benzene rings is 1. The van der Waals surface area contributed by atoms with Crippen molar-refractivity contribution in [3.63, 3.8) is 0 Å². The first-order valence-corrected chi connectivity index (χ1v) is 11.6. The van der Waals surface area contributed by atoms with Gasteiger partial charge in [0.1, 0.15) is 11.8 Å². The van der Waals surface area contributed by atoms with Crippen molar-refractivity contribution in [1.82, 2.24) is 15.1 Å². The molecule has 1 atom stereocenters. The van der Waals surface area contributed by atoms with E-state index in [1.165, 1.54) is 6.26 Å². The number of amides is 3. The number of carbonyl (C=O) groups excluding carboxylic acids is 3. The second-order valence-corrected chi connectivity index (χ2v) is 8.08. The van der Waals surface area contributed by atoms with Gasteiger partial charge in [-0.25, -0.2) is 0 Å². The number of carbonyl (C=O) groups is 3. The van der Waals surface area contributed by atoms with Crippen LogP contribution in [0.5, 0.6) is 5.75 Å². The van der Waals surface area contributed by atoms with Gasteiger partial charge >= 0.3 is 0 Å². The Labute approximate surface area is 185 Å². The van der Waals surface area contributed by atoms with Crippen LogP contribution >= 0.6 is 11.8 Å². The predicted molar refractivity (Wildman–Crippen MR) is 118 cm³/mol. The number of ether oxygens (including phenoxy) is 1. The molecule has 1 aliphatic heterocycles. The molecule has 1 fully saturated rings. The van der Waals surface area contributed by atoms with Crippen LogP contribution in [0.25, 0.3) is 0 Å². The van der Waals surface area contributed by atoms with E-state index in [2.05, 4.69) is 5.32 Å². The zero-order valence-electron chi connectivity index (χ0n) is 17.5. The van der Waals surface area contributed by atoms with Crippen LogP contribution in [0.2, 0.25) is 0 Å². The summed E-state index contributed by atoms with van der Waals surface area (Å²) in [5.74, 6) is 0.988. The molecular formula is C22H27N3O5S. The van der Waals surface area contributed by atoms with Gasteiger partial charge < -0.3 is 24.3 Å². The Kier molecular flexibility index (Phi) is 8.40. The minimum atomic E-state index is -0.619. The highest BCUT2D eigenvalue weighted by Crippen LogP contribution is 2.12. The van der Waals surface area contributed by atoms with Gasteiger partial charge in [-0.05, 0) is 42.7 Å². The Balaban J connectivity index is 1.52. The molecule has 1 aromatic heterocycles. The van der Waals surface area contributed by atoms with Crippen molar-refractivity contribution >= 4 is 29.5 Å². The summed E-state index contributed by atoms with van der Waals surface area (Å²) < 4.78 is 10.6. The molecule has 2 heterocycles. The lowest BCUT2D eigenvalue weighted by Crippen LogP contribution is -2.56. The van der Waals surface area contributed by atoms with Crippen LogP contribution in [0.15, 0.2) is 53.1 Å². The van der Waals surface area contributed by atoms with Crippen molar-refractivity contribution in [2.75, 3.05) is 44.8 Å². The van der Waals surface area contributed by atoms with Gasteiger partial charge in [-0.1, -0.05) is 18.2 Å². The zero-order valence-corrected chi connectivity index (χ0v) is 18.3. The van der Waals surface area contributed by atoms with Crippen LogP contribution in [0.4, 0.5) is 0 Å². The third-order valence-electron chi connectivity index (χ3n) is 4.97. The molecule has 0 spiro atoms. The number of piperazine rings is 1. The van der Waals surface area contributed by atoms with E-state index in [4.69, 9.17) is 9.15 Å². The van der Waals surface area contributed by atoms with E-state index < -0.39 is 6.04 Å². The highest BCUT2D eigenvalue weighted by molar-refractivity contribution is 7.98. The Morgan fingerprint density at radius 1 is 1.06 bits per heavy atom. The summed E-state index contributed by atoms with van der Waals surface area (Å²) in [4.78, 5) is 41.2. The van der Waals surface area contributed by atoms with Gasteiger partial charge in [0.25, 0.3) is 11.8 Å². The van der Waals surface area contributed by atoms with Crippen LogP contribution in [0, 0.1) is 0 Å². The number of nitrogens with zero attached hydrogens (tertiary/aromatic N) is 2. The third kappa shape index (κ3) is 6.52. The molecule has 0 radical (unpaired) electrons. The average Bonchev–Trinajstić information content (AvgIpc) is 3.35. The number of hydrogen-bond acceptors (Lipinski definition) is 6. The Bertz CT molecular complexity index is 851. The molecule has 0 unspecified atom stereocenters. The number of para-hydroxylation sites is 1. The summed E-state index contributed by atoms with van der Waals surface area (Å²) in [6.07, 6.45) is 3.96. The summed E-state index contributed by atoms with van der Waals surface area (Å²) in [6.45, 7) is 1.52. The van der Waals surface area contributed by atoms with Crippen LogP contribution in [0.3, 0.4) is 0 Å². The van der Waals surface area contributed by atoms with Gasteiger partial charge in [-0.3, -0.25) is 14.4 Å². The van der Waals surface area contributed by atoms with E-state index in [0.717, 1.165) is 5.75 Å². The second kappa shape index (κ2) is 11.5. The van der Waals surface area contributed by atoms with Crippen LogP contribution in [-0.2, 0) is 9.59 Å². The van der Waals surface area contributed by atoms with Crippen molar-refractivity contribution < 1.29 is 23.5 Å². The maximum absolute atomic E-state index is 13.1. The summed E-state index contributed by atoms with van der Waals surface area (Å²) >= 11 is 1.62. The predicted octanol–water partition coefficient (Wildman–Crippen LogP) is 1.88. The molecule has 9 heteroatoms. The molecule has 1 N–H and O–H groups in total. The molecule has 3 rings (SSSR count). The lowest BCUT2D eigenvalue weighted by molar-refractivity contribution is -0.138. The quantitative estimate of drug-likeness (QED) is 0.634. The van der Waals surface area contributed by atoms with Gasteiger partial charge in [0, 0.05) is 26.2 Å². The molecule has 8 nitrogen and oxygen atoms in total. The molecule has 0 bridgehead atoms. The Morgan fingerprint density at radius 3 is 2.42 bits per heavy atom. The molecule has 1 aromatic carbocycles. The molecule has 2 aromatic rings. The van der Waals surface area contributed by atoms with E-state index in [0.29, 0.717) is 44.1 Å². The molecule has 166 valence electrons. The highest BCUT2D eigenvalue weighted by atomic mass is 32.2. The number of rotatable bonds is 9. The normalized spacial score (nSPS) is 14.7. The van der Waals surface area contributed by atoms with E-state index in [9.17, 15) is 14.4 Å². The molecule has 1 aliphatic rings. The number of nitrogens with one attached hydrogen (secondary N) is 1. The molecule has 0 aliphatic carbocycles. The first-order chi connectivity index (χ1) is 15.1. The molecular weight excluding hydrogens is 418 g/mol. The molecule has 3 amide bonds. The number of furan rings is 1. The Morgan fingerprint density at radius 2 is 1.77 bits per heavy atom. The lowest BCUT2D eigenvalue weighted by atomic mass is 10.1. The SMILES string of the molecule is CSCC[C@H](NC(=O)COc1ccccc1)C(=O)N1CCN(C(=O)c2ccco2)CC1. The number of hydrogen-bond donors (Lipinski definition) is 1. The van der Waals surface area contributed by atoms with Gasteiger partial charge in [0.05, 0.1) is 6.26 Å². The third-order valence-corrected chi connectivity index (χ3v) is 5.61. The van der Waals surface area contributed by atoms with Crippen LogP contribution in [0.1, 0.15) is 17.0 Å². The Hall–Kier alpha value is -2.94. The van der Waals surface area contributed by atoms with Gasteiger partial charge in [-0.15, -0.1) is 0 Å². The molecule has 0 saturated carbocycles. The van der Waals surface area contributed by atoms with Crippen molar-refractivity contribution in [2.24, 2.45) is 0 Å². The van der Waals surface area contributed by atoms with Crippen molar-refractivity contribution in [3.05, 3.63) is 54.5 Å². The number of thioether (sulfide) groups is 1. The minimum absolute atomic E-state index is 0.132. The summed E-state index contributed by atoms with van der Waals surface area (Å²) in [6, 6.07) is 11.7. The molecule has 31 heavy (non-hydrogen) atoms. The monoisotopic (exact) mass is 445 g/mol. The van der Waals surface area contributed by atoms with E-state index in [-0.39, 0.29) is 24.3 Å². The fourth-order valence-corrected chi connectivity index (χ4v) is 3.77. The first-order valence-electron chi connectivity index (χ1n) is 10.2.